The van der Waals surface area contributed by atoms with Crippen molar-refractivity contribution in [2.75, 3.05) is 0 Å². The third-order valence-corrected chi connectivity index (χ3v) is 8.26. The number of thiophene rings is 2. The number of fused-ring (bicyclic) bond motifs is 1. The molecule has 0 saturated heterocycles. The molecule has 5 nitrogen and oxygen atoms in total. The number of hydrogen-bond donors (Lipinski definition) is 1. The summed E-state index contributed by atoms with van der Waals surface area (Å²) in [4.78, 5) is 33.3. The number of carbonyl (C=O) groups is 1. The topological polar surface area (TPSA) is 64.0 Å². The summed E-state index contributed by atoms with van der Waals surface area (Å²) < 4.78 is 1.63. The van der Waals surface area contributed by atoms with Gasteiger partial charge in [0.1, 0.15) is 10.1 Å². The lowest BCUT2D eigenvalue weighted by molar-refractivity contribution is -0.120. The van der Waals surface area contributed by atoms with Gasteiger partial charge in [-0.15, -0.1) is 29.3 Å². The second-order valence-corrected chi connectivity index (χ2v) is 10.5. The predicted octanol–water partition coefficient (Wildman–Crippen LogP) is 5.48. The fraction of sp³-hybridized carbons (Fsp3) is 0.208. The molecule has 0 bridgehead atoms. The lowest BCUT2D eigenvalue weighted by Crippen LogP contribution is -2.30. The Kier molecular flexibility index (Phi) is 5.99. The second-order valence-electron chi connectivity index (χ2n) is 7.60. The molecule has 1 fully saturated rings. The van der Waals surface area contributed by atoms with Gasteiger partial charge in [-0.2, -0.15) is 0 Å². The predicted molar refractivity (Wildman–Crippen MR) is 134 cm³/mol. The van der Waals surface area contributed by atoms with Crippen molar-refractivity contribution in [2.24, 2.45) is 0 Å². The third kappa shape index (κ3) is 4.18. The molecule has 8 heteroatoms. The summed E-state index contributed by atoms with van der Waals surface area (Å²) in [5, 5.41) is 7.77. The molecule has 1 atom stereocenters. The van der Waals surface area contributed by atoms with Crippen molar-refractivity contribution < 1.29 is 4.79 Å². The molecule has 4 aromatic rings. The minimum Gasteiger partial charge on any atom is -0.352 e. The van der Waals surface area contributed by atoms with Gasteiger partial charge in [-0.1, -0.05) is 54.2 Å². The Morgan fingerprint density at radius 1 is 1.25 bits per heavy atom. The average Bonchev–Trinajstić information content (AvgIpc) is 3.27. The van der Waals surface area contributed by atoms with Crippen molar-refractivity contribution in [2.45, 2.75) is 35.8 Å². The number of carbonyl (C=O) groups excluding carboxylic acids is 1. The molecule has 1 aromatic carbocycles. The first-order valence-electron chi connectivity index (χ1n) is 10.3. The summed E-state index contributed by atoms with van der Waals surface area (Å²) in [7, 11) is 0. The Labute approximate surface area is 197 Å². The molecule has 3 aromatic heterocycles. The number of nitrogens with zero attached hydrogens (tertiary/aromatic N) is 2. The maximum atomic E-state index is 13.6. The lowest BCUT2D eigenvalue weighted by atomic mass is 10.1. The van der Waals surface area contributed by atoms with Crippen molar-refractivity contribution in [1.82, 2.24) is 14.9 Å². The summed E-state index contributed by atoms with van der Waals surface area (Å²) in [6.45, 7) is 4.16. The zero-order chi connectivity index (χ0) is 22.1. The zero-order valence-electron chi connectivity index (χ0n) is 17.2. The zero-order valence-corrected chi connectivity index (χ0v) is 19.6. The van der Waals surface area contributed by atoms with Crippen molar-refractivity contribution in [3.05, 3.63) is 81.8 Å². The van der Waals surface area contributed by atoms with Crippen LogP contribution >= 0.6 is 34.4 Å². The van der Waals surface area contributed by atoms with Gasteiger partial charge in [-0.25, -0.2) is 4.98 Å². The molecule has 1 aliphatic carbocycles. The SMILES string of the molecule is C=CCn1c(SC(C(=O)NC2CC2)c2ccccc2)nc2scc(-c3cccs3)c2c1=O. The first-order valence-corrected chi connectivity index (χ1v) is 13.0. The van der Waals surface area contributed by atoms with E-state index in [1.54, 1.807) is 22.0 Å². The molecule has 32 heavy (non-hydrogen) atoms. The van der Waals surface area contributed by atoms with E-state index in [1.807, 2.05) is 53.2 Å². The van der Waals surface area contributed by atoms with E-state index in [4.69, 9.17) is 4.98 Å². The fourth-order valence-electron chi connectivity index (χ4n) is 3.51. The number of benzene rings is 1. The van der Waals surface area contributed by atoms with Gasteiger partial charge in [-0.3, -0.25) is 14.2 Å². The Balaban J connectivity index is 1.60. The van der Waals surface area contributed by atoms with Crippen LogP contribution in [0.4, 0.5) is 0 Å². The molecule has 1 unspecified atom stereocenters. The van der Waals surface area contributed by atoms with Crippen LogP contribution in [0.5, 0.6) is 0 Å². The summed E-state index contributed by atoms with van der Waals surface area (Å²) >= 11 is 4.39. The Bertz CT molecular complexity index is 1320. The highest BCUT2D eigenvalue weighted by Crippen LogP contribution is 2.38. The smallest absolute Gasteiger partial charge is 0.263 e. The van der Waals surface area contributed by atoms with Crippen molar-refractivity contribution in [3.63, 3.8) is 0 Å². The second kappa shape index (κ2) is 9.05. The summed E-state index contributed by atoms with van der Waals surface area (Å²) in [6, 6.07) is 13.9. The molecule has 0 aliphatic heterocycles. The van der Waals surface area contributed by atoms with Gasteiger partial charge in [0.2, 0.25) is 5.91 Å². The minimum absolute atomic E-state index is 0.0475. The van der Waals surface area contributed by atoms with Crippen molar-refractivity contribution in [1.29, 1.82) is 0 Å². The molecule has 0 radical (unpaired) electrons. The molecular weight excluding hydrogens is 458 g/mol. The number of allylic oxidation sites excluding steroid dienone is 1. The highest BCUT2D eigenvalue weighted by Gasteiger charge is 2.30. The quantitative estimate of drug-likeness (QED) is 0.206. The van der Waals surface area contributed by atoms with E-state index in [0.717, 1.165) is 28.8 Å². The molecule has 1 amide bonds. The fourth-order valence-corrected chi connectivity index (χ4v) is 6.43. The van der Waals surface area contributed by atoms with Crippen LogP contribution in [0.15, 0.2) is 75.8 Å². The van der Waals surface area contributed by atoms with Gasteiger partial charge in [-0.05, 0) is 29.9 Å². The van der Waals surface area contributed by atoms with E-state index in [1.165, 1.54) is 23.1 Å². The van der Waals surface area contributed by atoms with E-state index in [0.29, 0.717) is 21.9 Å². The highest BCUT2D eigenvalue weighted by molar-refractivity contribution is 8.00. The van der Waals surface area contributed by atoms with Gasteiger partial charge in [0.05, 0.1) is 5.39 Å². The largest absolute Gasteiger partial charge is 0.352 e. The standard InChI is InChI=1S/C24H21N3O2S3/c1-2-12-27-23(29)19-17(18-9-6-13-30-18)14-31-22(19)26-24(27)32-20(15-7-4-3-5-8-15)21(28)25-16-10-11-16/h2-9,13-14,16,20H,1,10-12H2,(H,25,28). The van der Waals surface area contributed by atoms with E-state index < -0.39 is 5.25 Å². The maximum Gasteiger partial charge on any atom is 0.263 e. The van der Waals surface area contributed by atoms with Crippen LogP contribution in [-0.2, 0) is 11.3 Å². The van der Waals surface area contributed by atoms with Crippen molar-refractivity contribution >= 4 is 50.6 Å². The highest BCUT2D eigenvalue weighted by atomic mass is 32.2. The molecule has 1 aliphatic rings. The monoisotopic (exact) mass is 479 g/mol. The molecule has 0 spiro atoms. The van der Waals surface area contributed by atoms with Crippen LogP contribution in [-0.4, -0.2) is 21.5 Å². The van der Waals surface area contributed by atoms with E-state index in [9.17, 15) is 9.59 Å². The lowest BCUT2D eigenvalue weighted by Gasteiger charge is -2.18. The molecule has 162 valence electrons. The first kappa shape index (κ1) is 21.2. The van der Waals surface area contributed by atoms with Gasteiger partial charge < -0.3 is 5.32 Å². The number of thioether (sulfide) groups is 1. The van der Waals surface area contributed by atoms with Gasteiger partial charge in [0.15, 0.2) is 5.16 Å². The van der Waals surface area contributed by atoms with Crippen LogP contribution in [0.2, 0.25) is 0 Å². The third-order valence-electron chi connectivity index (χ3n) is 5.24. The van der Waals surface area contributed by atoms with Crippen LogP contribution in [0, 0.1) is 0 Å². The summed E-state index contributed by atoms with van der Waals surface area (Å²) in [5.74, 6) is -0.0475. The maximum absolute atomic E-state index is 13.6. The first-order chi connectivity index (χ1) is 15.7. The molecule has 3 heterocycles. The van der Waals surface area contributed by atoms with Crippen molar-refractivity contribution in [3.8, 4) is 10.4 Å². The minimum atomic E-state index is -0.492. The number of nitrogens with one attached hydrogen (secondary N) is 1. The Morgan fingerprint density at radius 3 is 2.75 bits per heavy atom. The van der Waals surface area contributed by atoms with E-state index in [2.05, 4.69) is 11.9 Å². The normalized spacial score (nSPS) is 14.4. The number of rotatable bonds is 8. The summed E-state index contributed by atoms with van der Waals surface area (Å²) in [6.07, 6.45) is 3.73. The summed E-state index contributed by atoms with van der Waals surface area (Å²) in [5.41, 5.74) is 1.70. The molecule has 1 saturated carbocycles. The number of aromatic nitrogens is 2. The number of hydrogen-bond acceptors (Lipinski definition) is 6. The Morgan fingerprint density at radius 2 is 2.06 bits per heavy atom. The van der Waals surface area contributed by atoms with E-state index >= 15 is 0 Å². The Hall–Kier alpha value is -2.68. The molecule has 5 rings (SSSR count). The van der Waals surface area contributed by atoms with Crippen LogP contribution in [0.1, 0.15) is 23.7 Å². The molecule has 1 N–H and O–H groups in total. The van der Waals surface area contributed by atoms with Gasteiger partial charge in [0.25, 0.3) is 5.56 Å². The van der Waals surface area contributed by atoms with E-state index in [-0.39, 0.29) is 17.5 Å². The van der Waals surface area contributed by atoms with Crippen LogP contribution < -0.4 is 10.9 Å². The van der Waals surface area contributed by atoms with Crippen LogP contribution in [0.25, 0.3) is 20.7 Å². The van der Waals surface area contributed by atoms with Gasteiger partial charge >= 0.3 is 0 Å². The van der Waals surface area contributed by atoms with Crippen LogP contribution in [0.3, 0.4) is 0 Å². The average molecular weight is 480 g/mol. The van der Waals surface area contributed by atoms with Gasteiger partial charge in [0, 0.05) is 28.4 Å². The number of amides is 1. The molecular formula is C24H21N3O2S3.